The summed E-state index contributed by atoms with van der Waals surface area (Å²) in [7, 11) is 0. The molecular formula is C44H46Cl2N4O6S2. The van der Waals surface area contributed by atoms with Crippen LogP contribution in [-0.2, 0) is 4.74 Å². The molecule has 2 fully saturated rings. The van der Waals surface area contributed by atoms with Crippen molar-refractivity contribution >= 4 is 88.5 Å². The second-order valence-electron chi connectivity index (χ2n) is 14.4. The third kappa shape index (κ3) is 11.1. The zero-order valence-electron chi connectivity index (χ0n) is 32.3. The van der Waals surface area contributed by atoms with E-state index in [0.717, 1.165) is 105 Å². The van der Waals surface area contributed by atoms with Crippen LogP contribution in [0, 0.1) is 11.8 Å². The van der Waals surface area contributed by atoms with Crippen LogP contribution >= 0.6 is 45.9 Å². The van der Waals surface area contributed by atoms with E-state index in [4.69, 9.17) is 52.5 Å². The molecule has 14 heteroatoms. The van der Waals surface area contributed by atoms with Gasteiger partial charge in [0, 0.05) is 36.2 Å². The summed E-state index contributed by atoms with van der Waals surface area (Å²) >= 11 is 15.6. The third-order valence-corrected chi connectivity index (χ3v) is 13.1. The number of aromatic nitrogens is 2. The van der Waals surface area contributed by atoms with Gasteiger partial charge in [0.1, 0.15) is 11.5 Å². The smallest absolute Gasteiger partial charge is 0.338 e. The van der Waals surface area contributed by atoms with Crippen molar-refractivity contribution in [2.75, 3.05) is 55.8 Å². The first-order valence-electron chi connectivity index (χ1n) is 19.7. The van der Waals surface area contributed by atoms with Crippen molar-refractivity contribution in [3.63, 3.8) is 0 Å². The summed E-state index contributed by atoms with van der Waals surface area (Å²) in [6.45, 7) is 7.43. The molecule has 0 spiro atoms. The van der Waals surface area contributed by atoms with Crippen LogP contribution < -0.4 is 19.3 Å². The molecule has 0 unspecified atom stereocenters. The molecule has 4 heterocycles. The van der Waals surface area contributed by atoms with Crippen molar-refractivity contribution < 1.29 is 28.9 Å². The molecular weight excluding hydrogens is 816 g/mol. The van der Waals surface area contributed by atoms with Crippen LogP contribution in [-0.4, -0.2) is 73.0 Å². The molecule has 2 aromatic heterocycles. The highest BCUT2D eigenvalue weighted by molar-refractivity contribution is 7.22. The number of piperidine rings is 2. The number of benzene rings is 4. The molecule has 4 aromatic carbocycles. The molecule has 1 N–H and O–H groups in total. The zero-order chi connectivity index (χ0) is 40.4. The Hall–Kier alpha value is -4.62. The summed E-state index contributed by atoms with van der Waals surface area (Å²) in [5.74, 6) is 1.33. The topological polar surface area (TPSA) is 114 Å². The van der Waals surface area contributed by atoms with E-state index in [1.165, 1.54) is 0 Å². The van der Waals surface area contributed by atoms with Crippen molar-refractivity contribution in [1.29, 1.82) is 0 Å². The first-order valence-corrected chi connectivity index (χ1v) is 22.1. The summed E-state index contributed by atoms with van der Waals surface area (Å²) in [6.07, 6.45) is 6.45. The Bertz CT molecular complexity index is 2320. The van der Waals surface area contributed by atoms with E-state index < -0.39 is 5.97 Å². The zero-order valence-corrected chi connectivity index (χ0v) is 35.4. The van der Waals surface area contributed by atoms with Gasteiger partial charge in [0.15, 0.2) is 10.3 Å². The Morgan fingerprint density at radius 2 is 1.16 bits per heavy atom. The summed E-state index contributed by atoms with van der Waals surface area (Å²) in [6, 6.07) is 25.5. The summed E-state index contributed by atoms with van der Waals surface area (Å²) in [4.78, 5) is 37.1. The number of esters is 1. The number of carbonyl (C=O) groups is 2. The minimum Gasteiger partial charge on any atom is -0.494 e. The number of nitrogens with zero attached hydrogens (tertiary/aromatic N) is 4. The van der Waals surface area contributed by atoms with Gasteiger partial charge in [0.2, 0.25) is 0 Å². The van der Waals surface area contributed by atoms with Crippen LogP contribution in [0.15, 0.2) is 84.9 Å². The van der Waals surface area contributed by atoms with Gasteiger partial charge in [-0.15, -0.1) is 0 Å². The standard InChI is InChI=1S/C23H25ClN2O3S.C21H21ClN2O3S/c1-2-28-22(27)17-4-3-5-19(14-17)29-13-10-16-8-11-26(12-9-16)23-25-20-7-6-18(24)15-21(20)30-23;22-16-4-5-18-19(13-16)28-21(23-18)24-9-6-14(7-10-24)8-11-27-17-3-1-2-15(12-17)20(25)26/h3-7,14-16H,2,8-13H2,1H3;1-5,12-14H,6-11H2,(H,25,26). The Labute approximate surface area is 356 Å². The quantitative estimate of drug-likeness (QED) is 0.113. The molecule has 0 aliphatic carbocycles. The molecule has 304 valence electrons. The Morgan fingerprint density at radius 1 is 0.690 bits per heavy atom. The molecule has 0 bridgehead atoms. The number of rotatable bonds is 13. The molecule has 0 atom stereocenters. The average molecular weight is 862 g/mol. The summed E-state index contributed by atoms with van der Waals surface area (Å²) < 4.78 is 19.0. The molecule has 2 aliphatic rings. The van der Waals surface area contributed by atoms with Crippen molar-refractivity contribution in [1.82, 2.24) is 9.97 Å². The molecule has 8 rings (SSSR count). The van der Waals surface area contributed by atoms with E-state index in [-0.39, 0.29) is 11.5 Å². The molecule has 0 amide bonds. The number of carboxylic acid groups (broad SMARTS) is 1. The fraction of sp³-hybridized carbons (Fsp3) is 0.364. The maximum Gasteiger partial charge on any atom is 0.338 e. The predicted molar refractivity (Wildman–Crippen MR) is 235 cm³/mol. The predicted octanol–water partition coefficient (Wildman–Crippen LogP) is 11.1. The molecule has 6 aromatic rings. The SMILES string of the molecule is CCOC(=O)c1cccc(OCCC2CCN(c3nc4ccc(Cl)cc4s3)CC2)c1.O=C(O)c1cccc(OCCC2CCN(c3nc4ccc(Cl)cc4s3)CC2)c1. The van der Waals surface area contributed by atoms with Crippen LogP contribution in [0.5, 0.6) is 11.5 Å². The number of thiazole rings is 2. The van der Waals surface area contributed by atoms with Gasteiger partial charge >= 0.3 is 11.9 Å². The fourth-order valence-electron chi connectivity index (χ4n) is 7.20. The highest BCUT2D eigenvalue weighted by Crippen LogP contribution is 2.35. The highest BCUT2D eigenvalue weighted by Gasteiger charge is 2.23. The minimum absolute atomic E-state index is 0.253. The molecule has 0 radical (unpaired) electrons. The van der Waals surface area contributed by atoms with Gasteiger partial charge in [-0.05, 0) is 130 Å². The van der Waals surface area contributed by atoms with E-state index in [1.807, 2.05) is 48.5 Å². The van der Waals surface area contributed by atoms with Crippen LogP contribution in [0.1, 0.15) is 66.2 Å². The number of carboxylic acids is 1. The lowest BCUT2D eigenvalue weighted by Crippen LogP contribution is -2.34. The normalized spacial score (nSPS) is 14.9. The van der Waals surface area contributed by atoms with Crippen LogP contribution in [0.4, 0.5) is 10.3 Å². The van der Waals surface area contributed by atoms with Gasteiger partial charge in [-0.3, -0.25) is 0 Å². The first-order chi connectivity index (χ1) is 28.2. The summed E-state index contributed by atoms with van der Waals surface area (Å²) in [5.41, 5.74) is 2.80. The van der Waals surface area contributed by atoms with Gasteiger partial charge < -0.3 is 29.1 Å². The fourth-order valence-corrected chi connectivity index (χ4v) is 9.79. The number of hydrogen-bond donors (Lipinski definition) is 1. The highest BCUT2D eigenvalue weighted by atomic mass is 35.5. The second kappa shape index (κ2) is 19.9. The van der Waals surface area contributed by atoms with Crippen molar-refractivity contribution in [2.45, 2.75) is 45.4 Å². The number of carbonyl (C=O) groups excluding carboxylic acids is 1. The lowest BCUT2D eigenvalue weighted by Gasteiger charge is -2.31. The maximum atomic E-state index is 11.8. The molecule has 2 aliphatic heterocycles. The minimum atomic E-state index is -0.935. The number of ether oxygens (including phenoxy) is 3. The Morgan fingerprint density at radius 3 is 1.62 bits per heavy atom. The van der Waals surface area contributed by atoms with E-state index in [1.54, 1.807) is 66.0 Å². The Balaban J connectivity index is 0.000000177. The van der Waals surface area contributed by atoms with Gasteiger partial charge in [0.25, 0.3) is 0 Å². The van der Waals surface area contributed by atoms with E-state index in [9.17, 15) is 9.59 Å². The molecule has 10 nitrogen and oxygen atoms in total. The Kier molecular flexibility index (Phi) is 14.2. The van der Waals surface area contributed by atoms with Crippen LogP contribution in [0.25, 0.3) is 20.4 Å². The van der Waals surface area contributed by atoms with Crippen LogP contribution in [0.3, 0.4) is 0 Å². The number of hydrogen-bond acceptors (Lipinski definition) is 11. The van der Waals surface area contributed by atoms with Gasteiger partial charge in [-0.1, -0.05) is 58.0 Å². The van der Waals surface area contributed by atoms with Gasteiger partial charge in [0.05, 0.1) is 51.4 Å². The van der Waals surface area contributed by atoms with Crippen LogP contribution in [0.2, 0.25) is 10.0 Å². The lowest BCUT2D eigenvalue weighted by atomic mass is 9.94. The maximum absolute atomic E-state index is 11.8. The number of halogens is 2. The lowest BCUT2D eigenvalue weighted by molar-refractivity contribution is 0.0525. The average Bonchev–Trinajstić information content (AvgIpc) is 3.86. The molecule has 58 heavy (non-hydrogen) atoms. The van der Waals surface area contributed by atoms with E-state index in [2.05, 4.69) is 9.80 Å². The van der Waals surface area contributed by atoms with E-state index in [0.29, 0.717) is 48.7 Å². The first kappa shape index (κ1) is 41.5. The monoisotopic (exact) mass is 860 g/mol. The van der Waals surface area contributed by atoms with Gasteiger partial charge in [-0.2, -0.15) is 0 Å². The number of fused-ring (bicyclic) bond motifs is 2. The van der Waals surface area contributed by atoms with E-state index >= 15 is 0 Å². The second-order valence-corrected chi connectivity index (χ2v) is 17.3. The van der Waals surface area contributed by atoms with Crippen molar-refractivity contribution in [2.24, 2.45) is 11.8 Å². The molecule has 0 saturated carbocycles. The summed E-state index contributed by atoms with van der Waals surface area (Å²) in [5, 5.41) is 12.7. The number of aromatic carboxylic acids is 1. The molecule has 2 saturated heterocycles. The largest absolute Gasteiger partial charge is 0.494 e. The number of anilines is 2. The van der Waals surface area contributed by atoms with Gasteiger partial charge in [-0.25, -0.2) is 19.6 Å². The third-order valence-electron chi connectivity index (χ3n) is 10.5. The van der Waals surface area contributed by atoms with Crippen molar-refractivity contribution in [3.05, 3.63) is 106 Å². The van der Waals surface area contributed by atoms with Crippen molar-refractivity contribution in [3.8, 4) is 11.5 Å².